The molecule has 0 saturated carbocycles. The normalized spacial score (nSPS) is 8.80. The summed E-state index contributed by atoms with van der Waals surface area (Å²) in [5.74, 6) is 0.0676. The van der Waals surface area contributed by atoms with E-state index >= 15 is 0 Å². The Bertz CT molecular complexity index is 294. The zero-order valence-corrected chi connectivity index (χ0v) is 5.38. The maximum atomic E-state index is 10.6. The van der Waals surface area contributed by atoms with Gasteiger partial charge in [0, 0.05) is 13.1 Å². The minimum absolute atomic E-state index is 0.165. The van der Waals surface area contributed by atoms with Gasteiger partial charge < -0.3 is 4.98 Å². The Balaban J connectivity index is 3.02. The molecule has 0 amide bonds. The number of Topliss-reactive ketones (excluding diaryl/α,β-unsaturated/α-hetero) is 1. The second kappa shape index (κ2) is 2.31. The lowest BCUT2D eigenvalue weighted by Gasteiger charge is -1.80. The van der Waals surface area contributed by atoms with E-state index in [9.17, 15) is 4.79 Å². The fourth-order valence-corrected chi connectivity index (χ4v) is 0.559. The molecule has 10 heavy (non-hydrogen) atoms. The number of nitrogens with zero attached hydrogens (tertiary/aromatic N) is 2. The van der Waals surface area contributed by atoms with Crippen LogP contribution in [0, 0.1) is 11.3 Å². The molecule has 1 heterocycles. The zero-order chi connectivity index (χ0) is 7.56. The van der Waals surface area contributed by atoms with Gasteiger partial charge in [-0.15, -0.1) is 0 Å². The summed E-state index contributed by atoms with van der Waals surface area (Å²) >= 11 is 0. The molecule has 0 aliphatic rings. The van der Waals surface area contributed by atoms with Gasteiger partial charge in [0.2, 0.25) is 0 Å². The lowest BCUT2D eigenvalue weighted by atomic mass is 10.4. The summed E-state index contributed by atoms with van der Waals surface area (Å²) in [5, 5.41) is 8.29. The first-order valence-electron chi connectivity index (χ1n) is 2.70. The van der Waals surface area contributed by atoms with Crippen molar-refractivity contribution in [3.63, 3.8) is 0 Å². The molecule has 0 fully saturated rings. The van der Waals surface area contributed by atoms with Gasteiger partial charge in [0.15, 0.2) is 17.3 Å². The van der Waals surface area contributed by atoms with E-state index in [0.717, 1.165) is 0 Å². The van der Waals surface area contributed by atoms with E-state index in [1.54, 1.807) is 0 Å². The van der Waals surface area contributed by atoms with Gasteiger partial charge >= 0.3 is 0 Å². The van der Waals surface area contributed by atoms with Crippen LogP contribution in [-0.4, -0.2) is 15.8 Å². The summed E-state index contributed by atoms with van der Waals surface area (Å²) in [6, 6.07) is 1.81. The highest BCUT2D eigenvalue weighted by Gasteiger charge is 2.02. The van der Waals surface area contributed by atoms with Gasteiger partial charge in [0.25, 0.3) is 0 Å². The van der Waals surface area contributed by atoms with Gasteiger partial charge in [-0.1, -0.05) is 0 Å². The number of rotatable bonds is 1. The molecule has 50 valence electrons. The van der Waals surface area contributed by atoms with Crippen molar-refractivity contribution in [1.29, 1.82) is 5.26 Å². The van der Waals surface area contributed by atoms with E-state index in [1.165, 1.54) is 13.1 Å². The van der Waals surface area contributed by atoms with Crippen molar-refractivity contribution >= 4 is 5.78 Å². The number of H-pyrrole nitrogens is 1. The fraction of sp³-hybridized carbons (Fsp3) is 0.167. The van der Waals surface area contributed by atoms with Gasteiger partial charge in [-0.25, -0.2) is 4.98 Å². The van der Waals surface area contributed by atoms with Crippen LogP contribution >= 0.6 is 0 Å². The lowest BCUT2D eigenvalue weighted by Crippen LogP contribution is -1.93. The number of nitrogens with one attached hydrogen (secondary N) is 1. The first kappa shape index (κ1) is 6.49. The molecule has 1 N–H and O–H groups in total. The Morgan fingerprint density at radius 1 is 1.90 bits per heavy atom. The molecule has 0 aliphatic carbocycles. The Labute approximate surface area is 57.5 Å². The van der Waals surface area contributed by atoms with Gasteiger partial charge in [0.05, 0.1) is 0 Å². The third kappa shape index (κ3) is 1.03. The van der Waals surface area contributed by atoms with Crippen LogP contribution < -0.4 is 0 Å². The predicted molar refractivity (Wildman–Crippen MR) is 33.3 cm³/mol. The molecule has 1 rings (SSSR count). The Hall–Kier alpha value is -1.63. The monoisotopic (exact) mass is 135 g/mol. The average molecular weight is 135 g/mol. The molecule has 0 bridgehead atoms. The molecule has 0 aliphatic heterocycles. The van der Waals surface area contributed by atoms with Crippen molar-refractivity contribution in [3.8, 4) is 6.07 Å². The number of ketones is 1. The number of nitriles is 1. The van der Waals surface area contributed by atoms with E-state index in [1.807, 2.05) is 6.07 Å². The minimum atomic E-state index is -0.165. The molecule has 0 spiro atoms. The smallest absolute Gasteiger partial charge is 0.195 e. The van der Waals surface area contributed by atoms with Gasteiger partial charge in [-0.05, 0) is 0 Å². The summed E-state index contributed by atoms with van der Waals surface area (Å²) in [5.41, 5.74) is 0.241. The molecule has 0 atom stereocenters. The summed E-state index contributed by atoms with van der Waals surface area (Å²) in [7, 11) is 0. The van der Waals surface area contributed by atoms with Crippen molar-refractivity contribution in [2.75, 3.05) is 0 Å². The molecule has 1 aromatic heterocycles. The van der Waals surface area contributed by atoms with Gasteiger partial charge in [0.1, 0.15) is 6.07 Å². The van der Waals surface area contributed by atoms with E-state index in [4.69, 9.17) is 5.26 Å². The van der Waals surface area contributed by atoms with Crippen LogP contribution in [0.15, 0.2) is 6.20 Å². The first-order valence-corrected chi connectivity index (χ1v) is 2.70. The molecule has 4 nitrogen and oxygen atoms in total. The third-order valence-corrected chi connectivity index (χ3v) is 1.03. The third-order valence-electron chi connectivity index (χ3n) is 1.03. The van der Waals surface area contributed by atoms with E-state index in [-0.39, 0.29) is 17.3 Å². The first-order chi connectivity index (χ1) is 4.74. The number of imidazole rings is 1. The molecule has 0 radical (unpaired) electrons. The lowest BCUT2D eigenvalue weighted by molar-refractivity contribution is 0.100. The second-order valence-electron chi connectivity index (χ2n) is 1.80. The van der Waals surface area contributed by atoms with Crippen LogP contribution in [-0.2, 0) is 0 Å². The molecular weight excluding hydrogens is 130 g/mol. The summed E-state index contributed by atoms with van der Waals surface area (Å²) < 4.78 is 0. The number of carbonyl (C=O) groups is 1. The summed E-state index contributed by atoms with van der Waals surface area (Å²) in [6.07, 6.45) is 1.40. The SMILES string of the molecule is CC(=O)c1nc(C#N)c[nH]1. The molecule has 4 heteroatoms. The van der Waals surface area contributed by atoms with Crippen molar-refractivity contribution in [3.05, 3.63) is 17.7 Å². The molecule has 1 aromatic rings. The van der Waals surface area contributed by atoms with E-state index in [0.29, 0.717) is 0 Å². The minimum Gasteiger partial charge on any atom is -0.341 e. The molecular formula is C6H5N3O. The van der Waals surface area contributed by atoms with Crippen LogP contribution in [0.4, 0.5) is 0 Å². The Morgan fingerprint density at radius 2 is 2.60 bits per heavy atom. The van der Waals surface area contributed by atoms with Crippen LogP contribution in [0.5, 0.6) is 0 Å². The number of hydrogen-bond acceptors (Lipinski definition) is 3. The number of carbonyl (C=O) groups excluding carboxylic acids is 1. The molecule has 0 unspecified atom stereocenters. The van der Waals surface area contributed by atoms with Gasteiger partial charge in [-0.2, -0.15) is 5.26 Å². The maximum absolute atomic E-state index is 10.6. The summed E-state index contributed by atoms with van der Waals surface area (Å²) in [6.45, 7) is 1.39. The van der Waals surface area contributed by atoms with E-state index in [2.05, 4.69) is 9.97 Å². The number of aromatic amines is 1. The number of hydrogen-bond donors (Lipinski definition) is 1. The quantitative estimate of drug-likeness (QED) is 0.569. The Morgan fingerprint density at radius 3 is 2.90 bits per heavy atom. The highest BCUT2D eigenvalue weighted by atomic mass is 16.1. The van der Waals surface area contributed by atoms with Crippen molar-refractivity contribution in [1.82, 2.24) is 9.97 Å². The topological polar surface area (TPSA) is 69.5 Å². The van der Waals surface area contributed by atoms with E-state index < -0.39 is 0 Å². The van der Waals surface area contributed by atoms with Crippen LogP contribution in [0.25, 0.3) is 0 Å². The fourth-order valence-electron chi connectivity index (χ4n) is 0.559. The average Bonchev–Trinajstić information content (AvgIpc) is 2.34. The van der Waals surface area contributed by atoms with Crippen molar-refractivity contribution in [2.45, 2.75) is 6.92 Å². The summed E-state index contributed by atoms with van der Waals surface area (Å²) in [4.78, 5) is 16.8. The van der Waals surface area contributed by atoms with Crippen molar-refractivity contribution in [2.24, 2.45) is 0 Å². The highest BCUT2D eigenvalue weighted by molar-refractivity contribution is 5.90. The van der Waals surface area contributed by atoms with Crippen LogP contribution in [0.2, 0.25) is 0 Å². The largest absolute Gasteiger partial charge is 0.341 e. The predicted octanol–water partition coefficient (Wildman–Crippen LogP) is 0.484. The Kier molecular flexibility index (Phi) is 1.50. The second-order valence-corrected chi connectivity index (χ2v) is 1.80. The zero-order valence-electron chi connectivity index (χ0n) is 5.38. The molecule has 0 saturated heterocycles. The van der Waals surface area contributed by atoms with Crippen LogP contribution in [0.1, 0.15) is 23.2 Å². The van der Waals surface area contributed by atoms with Crippen molar-refractivity contribution < 1.29 is 4.79 Å². The number of aromatic nitrogens is 2. The highest BCUT2D eigenvalue weighted by Crippen LogP contribution is 1.94. The molecule has 0 aromatic carbocycles. The van der Waals surface area contributed by atoms with Crippen LogP contribution in [0.3, 0.4) is 0 Å². The standard InChI is InChI=1S/C6H5N3O/c1-4(10)6-8-3-5(2-7)9-6/h3H,1H3,(H,8,9). The maximum Gasteiger partial charge on any atom is 0.195 e. The van der Waals surface area contributed by atoms with Gasteiger partial charge in [-0.3, -0.25) is 4.79 Å².